The van der Waals surface area contributed by atoms with Crippen molar-refractivity contribution in [3.8, 4) is 33.5 Å². The molecule has 358 valence electrons. The third-order valence-electron chi connectivity index (χ3n) is 15.0. The Balaban J connectivity index is 0.986. The van der Waals surface area contributed by atoms with E-state index in [0.29, 0.717) is 42.1 Å². The van der Waals surface area contributed by atoms with Crippen molar-refractivity contribution < 1.29 is 28.7 Å². The molecule has 1 spiro atoms. The number of hydrogen-bond donors (Lipinski definition) is 4. The number of carbonyl (C=O) groups excluding carboxylic acids is 4. The highest BCUT2D eigenvalue weighted by molar-refractivity contribution is 5.88. The van der Waals surface area contributed by atoms with Gasteiger partial charge >= 0.3 is 12.2 Å². The first-order chi connectivity index (χ1) is 32.4. The van der Waals surface area contributed by atoms with Gasteiger partial charge in [-0.1, -0.05) is 96.8 Å². The Kier molecular flexibility index (Phi) is 12.2. The molecule has 4 amide bonds. The van der Waals surface area contributed by atoms with Crippen molar-refractivity contribution in [2.45, 2.75) is 111 Å². The quantitative estimate of drug-likeness (QED) is 0.106. The number of methoxy groups -OCH3 is 2. The van der Waals surface area contributed by atoms with Crippen LogP contribution in [0.2, 0.25) is 0 Å². The number of H-pyrrole nitrogens is 2. The maximum Gasteiger partial charge on any atom is 0.407 e. The summed E-state index contributed by atoms with van der Waals surface area (Å²) >= 11 is 0. The molecule has 0 radical (unpaired) electrons. The minimum absolute atomic E-state index is 0.135. The van der Waals surface area contributed by atoms with Crippen LogP contribution in [0.3, 0.4) is 0 Å². The van der Waals surface area contributed by atoms with E-state index in [1.54, 1.807) is 4.90 Å². The maximum absolute atomic E-state index is 14.0. The Labute approximate surface area is 397 Å². The standard InChI is InChI=1S/C53H64N8O7/c1-30(2)44(58-50(66)68-8)48(64)61-29-52(5,6)24-41(61)45-54-26-40(57-45)32-13-11-31(12-14-32)34-16-17-35(38-23-53(22-37(34)38)19-9-10-20-53)33-15-18-39-36(21-33)47(63)59-46(56-39)42-25-51(3,4)28-60(42)43(62)27-55-49(65)67-7/h11-18,21,26,30,41-42,44H,9-10,19-20,22-25,27-29H2,1-8H3,(H,54,57)(H,55,65)(H,58,66)(H,56,59,63)/t41-,42-,44-/m0/s1. The molecule has 3 fully saturated rings. The maximum atomic E-state index is 14.0. The predicted molar refractivity (Wildman–Crippen MR) is 259 cm³/mol. The Bertz CT molecular complexity index is 2840. The van der Waals surface area contributed by atoms with Crippen LogP contribution in [0.5, 0.6) is 0 Å². The molecule has 9 rings (SSSR count). The third kappa shape index (κ3) is 8.99. The molecule has 2 saturated heterocycles. The fraction of sp³-hybridized carbons (Fsp3) is 0.491. The molecule has 1 saturated carbocycles. The first-order valence-electron chi connectivity index (χ1n) is 24.0. The van der Waals surface area contributed by atoms with E-state index in [4.69, 9.17) is 14.7 Å². The lowest BCUT2D eigenvalue weighted by Gasteiger charge is -2.30. The van der Waals surface area contributed by atoms with Crippen LogP contribution in [0.25, 0.3) is 44.4 Å². The van der Waals surface area contributed by atoms with Crippen LogP contribution in [-0.2, 0) is 31.9 Å². The lowest BCUT2D eigenvalue weighted by Crippen LogP contribution is -2.51. The smallest absolute Gasteiger partial charge is 0.407 e. The zero-order chi connectivity index (χ0) is 48.3. The van der Waals surface area contributed by atoms with Gasteiger partial charge in [-0.15, -0.1) is 0 Å². The van der Waals surface area contributed by atoms with Gasteiger partial charge in [0.1, 0.15) is 24.2 Å². The van der Waals surface area contributed by atoms with Crippen molar-refractivity contribution in [2.24, 2.45) is 22.2 Å². The number of rotatable bonds is 10. The molecule has 68 heavy (non-hydrogen) atoms. The molecule has 2 aliphatic heterocycles. The number of nitrogens with one attached hydrogen (secondary N) is 4. The van der Waals surface area contributed by atoms with Gasteiger partial charge in [-0.2, -0.15) is 0 Å². The Morgan fingerprint density at radius 1 is 0.765 bits per heavy atom. The number of amides is 4. The van der Waals surface area contributed by atoms with E-state index in [9.17, 15) is 24.0 Å². The summed E-state index contributed by atoms with van der Waals surface area (Å²) in [6, 6.07) is 17.5. The molecular formula is C53H64N8O7. The number of carbonyl (C=O) groups is 4. The van der Waals surface area contributed by atoms with Crippen LogP contribution >= 0.6 is 0 Å². The number of alkyl carbamates (subject to hydrolysis) is 2. The van der Waals surface area contributed by atoms with Gasteiger partial charge in [-0.05, 0) is 112 Å². The molecule has 3 atom stereocenters. The molecule has 0 bridgehead atoms. The van der Waals surface area contributed by atoms with Gasteiger partial charge in [0.2, 0.25) is 11.8 Å². The van der Waals surface area contributed by atoms with Gasteiger partial charge in [0.05, 0.1) is 49.1 Å². The Morgan fingerprint density at radius 3 is 1.99 bits per heavy atom. The first-order valence-corrected chi connectivity index (χ1v) is 24.0. The Morgan fingerprint density at radius 2 is 1.35 bits per heavy atom. The number of fused-ring (bicyclic) bond motifs is 2. The highest BCUT2D eigenvalue weighted by Gasteiger charge is 2.46. The molecule has 3 aromatic carbocycles. The number of hydrogen-bond acceptors (Lipinski definition) is 9. The van der Waals surface area contributed by atoms with Crippen molar-refractivity contribution >= 4 is 34.9 Å². The number of nitrogens with zero attached hydrogens (tertiary/aromatic N) is 4. The number of benzene rings is 3. The zero-order valence-corrected chi connectivity index (χ0v) is 40.5. The summed E-state index contributed by atoms with van der Waals surface area (Å²) in [4.78, 5) is 85.1. The van der Waals surface area contributed by atoms with Gasteiger partial charge < -0.3 is 39.9 Å². The second-order valence-corrected chi connectivity index (χ2v) is 21.6. The number of imidazole rings is 1. The van der Waals surface area contributed by atoms with Gasteiger partial charge in [0.15, 0.2) is 0 Å². The molecule has 2 aromatic heterocycles. The second kappa shape index (κ2) is 17.9. The van der Waals surface area contributed by atoms with Crippen molar-refractivity contribution in [1.29, 1.82) is 0 Å². The number of aromatic amines is 2. The SMILES string of the molecule is COC(=O)NCC(=O)N1CC(C)(C)C[C@H]1c1nc2ccc(-c3ccc(-c4ccc(-c5cnc([C@@H]6CC(C)(C)CN6C(=O)[C@@H](NC(=O)OC)C(C)C)[nH]5)cc4)c4c3CC3(CCCC3)C4)cc2c(=O)[nH]1. The van der Waals surface area contributed by atoms with E-state index >= 15 is 0 Å². The molecule has 0 unspecified atom stereocenters. The summed E-state index contributed by atoms with van der Waals surface area (Å²) in [5.74, 6) is 0.588. The lowest BCUT2D eigenvalue weighted by molar-refractivity contribution is -0.136. The molecule has 15 heteroatoms. The van der Waals surface area contributed by atoms with Crippen LogP contribution in [0, 0.1) is 22.2 Å². The molecule has 15 nitrogen and oxygen atoms in total. The van der Waals surface area contributed by atoms with Crippen molar-refractivity contribution in [1.82, 2.24) is 40.4 Å². The largest absolute Gasteiger partial charge is 0.453 e. The van der Waals surface area contributed by atoms with Crippen LogP contribution in [-0.4, -0.2) is 93.6 Å². The average Bonchev–Trinajstić information content (AvgIpc) is 4.17. The van der Waals surface area contributed by atoms with Gasteiger partial charge in [-0.3, -0.25) is 14.4 Å². The van der Waals surface area contributed by atoms with Crippen LogP contribution in [0.15, 0.2) is 65.6 Å². The second-order valence-electron chi connectivity index (χ2n) is 21.6. The van der Waals surface area contributed by atoms with E-state index in [1.807, 2.05) is 37.1 Å². The zero-order valence-electron chi connectivity index (χ0n) is 40.5. The van der Waals surface area contributed by atoms with Gasteiger partial charge in [0, 0.05) is 13.1 Å². The van der Waals surface area contributed by atoms with Crippen molar-refractivity contribution in [2.75, 3.05) is 33.9 Å². The fourth-order valence-corrected chi connectivity index (χ4v) is 11.6. The van der Waals surface area contributed by atoms with Crippen LogP contribution in [0.1, 0.15) is 115 Å². The van der Waals surface area contributed by atoms with Crippen molar-refractivity contribution in [3.63, 3.8) is 0 Å². The predicted octanol–water partition coefficient (Wildman–Crippen LogP) is 8.64. The third-order valence-corrected chi connectivity index (χ3v) is 15.0. The number of ether oxygens (including phenoxy) is 2. The number of aromatic nitrogens is 4. The summed E-state index contributed by atoms with van der Waals surface area (Å²) in [6.45, 7) is 13.1. The highest BCUT2D eigenvalue weighted by atomic mass is 16.5. The van der Waals surface area contributed by atoms with Gasteiger partial charge in [-0.25, -0.2) is 19.6 Å². The first kappa shape index (κ1) is 46.6. The summed E-state index contributed by atoms with van der Waals surface area (Å²) < 4.78 is 9.49. The summed E-state index contributed by atoms with van der Waals surface area (Å²) in [5.41, 5.74) is 9.19. The highest BCUT2D eigenvalue weighted by Crippen LogP contribution is 2.53. The van der Waals surface area contributed by atoms with E-state index in [0.717, 1.165) is 47.2 Å². The summed E-state index contributed by atoms with van der Waals surface area (Å²) in [6.07, 6.45) is 8.72. The minimum atomic E-state index is -0.726. The minimum Gasteiger partial charge on any atom is -0.453 e. The molecule has 4 aliphatic rings. The molecule has 5 aromatic rings. The fourth-order valence-electron chi connectivity index (χ4n) is 11.6. The normalized spacial score (nSPS) is 20.5. The van der Waals surface area contributed by atoms with Gasteiger partial charge in [0.25, 0.3) is 5.56 Å². The molecule has 4 N–H and O–H groups in total. The van der Waals surface area contributed by atoms with E-state index in [-0.39, 0.29) is 52.1 Å². The molecule has 4 heterocycles. The summed E-state index contributed by atoms with van der Waals surface area (Å²) in [7, 11) is 2.55. The average molecular weight is 925 g/mol. The van der Waals surface area contributed by atoms with E-state index in [1.165, 1.54) is 56.6 Å². The van der Waals surface area contributed by atoms with Crippen LogP contribution in [0.4, 0.5) is 9.59 Å². The number of likely N-dealkylation sites (tertiary alicyclic amines) is 2. The summed E-state index contributed by atoms with van der Waals surface area (Å²) in [5, 5.41) is 5.72. The lowest BCUT2D eigenvalue weighted by atomic mass is 9.82. The van der Waals surface area contributed by atoms with E-state index in [2.05, 4.69) is 95.5 Å². The van der Waals surface area contributed by atoms with E-state index < -0.39 is 24.3 Å². The van der Waals surface area contributed by atoms with Crippen LogP contribution < -0.4 is 16.2 Å². The van der Waals surface area contributed by atoms with Crippen molar-refractivity contribution in [3.05, 3.63) is 93.9 Å². The molecular weight excluding hydrogens is 861 g/mol. The Hall–Kier alpha value is -6.51. The molecule has 2 aliphatic carbocycles. The topological polar surface area (TPSA) is 192 Å². The monoisotopic (exact) mass is 924 g/mol.